The fraction of sp³-hybridized carbons (Fsp3) is 0.625. The number of hydrogen-bond donors (Lipinski definition) is 1. The third kappa shape index (κ3) is 6.91. The quantitative estimate of drug-likeness (QED) is 0.674. The minimum atomic E-state index is -0.533. The smallest absolute Gasteiger partial charge is 0.119 e. The molecule has 0 aliphatic rings. The van der Waals surface area contributed by atoms with Crippen molar-refractivity contribution in [2.45, 2.75) is 13.0 Å². The first-order valence-electron chi connectivity index (χ1n) is 7.32. The summed E-state index contributed by atoms with van der Waals surface area (Å²) in [4.78, 5) is 2.13. The number of nitrogens with zero attached hydrogens (tertiary/aromatic N) is 1. The van der Waals surface area contributed by atoms with Crippen LogP contribution in [0.25, 0.3) is 0 Å². The lowest BCUT2D eigenvalue weighted by atomic mass is 10.1. The van der Waals surface area contributed by atoms with E-state index in [9.17, 15) is 5.11 Å². The van der Waals surface area contributed by atoms with Crippen LogP contribution in [0.3, 0.4) is 0 Å². The van der Waals surface area contributed by atoms with Crippen LogP contribution in [0.2, 0.25) is 0 Å². The fourth-order valence-electron chi connectivity index (χ4n) is 2.04. The van der Waals surface area contributed by atoms with Crippen LogP contribution in [0.5, 0.6) is 5.75 Å². The van der Waals surface area contributed by atoms with Gasteiger partial charge in [-0.15, -0.1) is 0 Å². The van der Waals surface area contributed by atoms with Crippen molar-refractivity contribution >= 4 is 0 Å². The second kappa shape index (κ2) is 10.6. The Kier molecular flexibility index (Phi) is 9.01. The van der Waals surface area contributed by atoms with Gasteiger partial charge in [0.2, 0.25) is 0 Å². The predicted octanol–water partition coefficient (Wildman–Crippen LogP) is 1.71. The van der Waals surface area contributed by atoms with E-state index in [1.807, 2.05) is 31.2 Å². The van der Waals surface area contributed by atoms with Crippen molar-refractivity contribution in [1.82, 2.24) is 4.90 Å². The predicted molar refractivity (Wildman–Crippen MR) is 82.8 cm³/mol. The zero-order chi connectivity index (χ0) is 15.5. The van der Waals surface area contributed by atoms with Crippen molar-refractivity contribution in [3.8, 4) is 5.75 Å². The van der Waals surface area contributed by atoms with Crippen LogP contribution in [-0.4, -0.2) is 63.7 Å². The number of aliphatic hydroxyl groups excluding tert-OH is 1. The molecule has 0 heterocycles. The summed E-state index contributed by atoms with van der Waals surface area (Å²) in [7, 11) is 3.36. The molecule has 21 heavy (non-hydrogen) atoms. The van der Waals surface area contributed by atoms with E-state index >= 15 is 0 Å². The molecular weight excluding hydrogens is 270 g/mol. The molecule has 0 aliphatic heterocycles. The summed E-state index contributed by atoms with van der Waals surface area (Å²) >= 11 is 0. The van der Waals surface area contributed by atoms with Crippen molar-refractivity contribution in [3.05, 3.63) is 29.8 Å². The molecule has 1 aromatic carbocycles. The van der Waals surface area contributed by atoms with Crippen molar-refractivity contribution in [2.24, 2.45) is 0 Å². The lowest BCUT2D eigenvalue weighted by Crippen LogP contribution is -2.34. The Morgan fingerprint density at radius 2 is 1.62 bits per heavy atom. The molecule has 1 N–H and O–H groups in total. The van der Waals surface area contributed by atoms with Crippen molar-refractivity contribution in [3.63, 3.8) is 0 Å². The maximum absolute atomic E-state index is 10.3. The van der Waals surface area contributed by atoms with Crippen LogP contribution in [0, 0.1) is 0 Å². The lowest BCUT2D eigenvalue weighted by Gasteiger charge is -2.24. The third-order valence-corrected chi connectivity index (χ3v) is 3.23. The molecule has 1 aromatic rings. The van der Waals surface area contributed by atoms with Crippen LogP contribution >= 0.6 is 0 Å². The second-order valence-corrected chi connectivity index (χ2v) is 4.80. The molecule has 5 nitrogen and oxygen atoms in total. The molecule has 1 unspecified atom stereocenters. The Balaban J connectivity index is 2.55. The van der Waals surface area contributed by atoms with Gasteiger partial charge in [-0.05, 0) is 24.6 Å². The molecule has 0 saturated heterocycles. The molecule has 5 heteroatoms. The number of benzene rings is 1. The standard InChI is InChI=1S/C16H27NO4/c1-4-21-15-7-5-14(6-8-15)16(18)13-17(9-11-19-2)10-12-20-3/h5-8,16,18H,4,9-13H2,1-3H3. The molecular formula is C16H27NO4. The Morgan fingerprint density at radius 1 is 1.05 bits per heavy atom. The van der Waals surface area contributed by atoms with Gasteiger partial charge in [0.05, 0.1) is 25.9 Å². The largest absolute Gasteiger partial charge is 0.494 e. The van der Waals surface area contributed by atoms with Gasteiger partial charge in [0, 0.05) is 33.9 Å². The van der Waals surface area contributed by atoms with Gasteiger partial charge in [0.15, 0.2) is 0 Å². The summed E-state index contributed by atoms with van der Waals surface area (Å²) < 4.78 is 15.6. The maximum atomic E-state index is 10.3. The number of rotatable bonds is 11. The normalized spacial score (nSPS) is 12.6. The highest BCUT2D eigenvalue weighted by Crippen LogP contribution is 2.18. The van der Waals surface area contributed by atoms with Crippen LogP contribution < -0.4 is 4.74 Å². The minimum Gasteiger partial charge on any atom is -0.494 e. The molecule has 120 valence electrons. The number of hydrogen-bond acceptors (Lipinski definition) is 5. The molecule has 0 aromatic heterocycles. The molecule has 0 fully saturated rings. The topological polar surface area (TPSA) is 51.2 Å². The first-order valence-corrected chi connectivity index (χ1v) is 7.32. The number of ether oxygens (including phenoxy) is 3. The first kappa shape index (κ1) is 17.9. The summed E-state index contributed by atoms with van der Waals surface area (Å²) in [5, 5.41) is 10.3. The lowest BCUT2D eigenvalue weighted by molar-refractivity contribution is 0.0697. The first-order chi connectivity index (χ1) is 10.2. The molecule has 1 atom stereocenters. The Labute approximate surface area is 127 Å². The molecule has 0 radical (unpaired) electrons. The van der Waals surface area contributed by atoms with E-state index < -0.39 is 6.10 Å². The maximum Gasteiger partial charge on any atom is 0.119 e. The van der Waals surface area contributed by atoms with Gasteiger partial charge >= 0.3 is 0 Å². The van der Waals surface area contributed by atoms with Gasteiger partial charge in [0.25, 0.3) is 0 Å². The van der Waals surface area contributed by atoms with Crippen LogP contribution in [0.15, 0.2) is 24.3 Å². The zero-order valence-electron chi connectivity index (χ0n) is 13.2. The highest BCUT2D eigenvalue weighted by molar-refractivity contribution is 5.28. The van der Waals surface area contributed by atoms with Crippen molar-refractivity contribution in [2.75, 3.05) is 53.7 Å². The Hall–Kier alpha value is -1.14. The van der Waals surface area contributed by atoms with E-state index in [0.29, 0.717) is 26.4 Å². The van der Waals surface area contributed by atoms with E-state index in [-0.39, 0.29) is 0 Å². The summed E-state index contributed by atoms with van der Waals surface area (Å²) in [5.41, 5.74) is 0.887. The molecule has 0 bridgehead atoms. The van der Waals surface area contributed by atoms with Gasteiger partial charge in [-0.25, -0.2) is 0 Å². The van der Waals surface area contributed by atoms with Gasteiger partial charge in [-0.3, -0.25) is 4.90 Å². The monoisotopic (exact) mass is 297 g/mol. The average molecular weight is 297 g/mol. The molecule has 0 spiro atoms. The van der Waals surface area contributed by atoms with Gasteiger partial charge in [-0.1, -0.05) is 12.1 Å². The Morgan fingerprint density at radius 3 is 2.10 bits per heavy atom. The van der Waals surface area contributed by atoms with Gasteiger partial charge in [-0.2, -0.15) is 0 Å². The van der Waals surface area contributed by atoms with Crippen molar-refractivity contribution < 1.29 is 19.3 Å². The second-order valence-electron chi connectivity index (χ2n) is 4.80. The van der Waals surface area contributed by atoms with E-state index in [4.69, 9.17) is 14.2 Å². The summed E-state index contributed by atoms with van der Waals surface area (Å²) in [6.07, 6.45) is -0.533. The minimum absolute atomic E-state index is 0.533. The fourth-order valence-corrected chi connectivity index (χ4v) is 2.04. The van der Waals surface area contributed by atoms with Crippen LogP contribution in [0.4, 0.5) is 0 Å². The summed E-state index contributed by atoms with van der Waals surface area (Å²) in [6.45, 7) is 5.97. The Bertz CT molecular complexity index is 361. The van der Waals surface area contributed by atoms with E-state index in [0.717, 1.165) is 24.4 Å². The van der Waals surface area contributed by atoms with E-state index in [1.165, 1.54) is 0 Å². The molecule has 0 amide bonds. The van der Waals surface area contributed by atoms with Crippen LogP contribution in [-0.2, 0) is 9.47 Å². The third-order valence-electron chi connectivity index (χ3n) is 3.23. The van der Waals surface area contributed by atoms with E-state index in [1.54, 1.807) is 14.2 Å². The molecule has 0 aliphatic carbocycles. The number of aliphatic hydroxyl groups is 1. The zero-order valence-corrected chi connectivity index (χ0v) is 13.2. The summed E-state index contributed by atoms with van der Waals surface area (Å²) in [5.74, 6) is 0.823. The van der Waals surface area contributed by atoms with Crippen LogP contribution in [0.1, 0.15) is 18.6 Å². The van der Waals surface area contributed by atoms with Crippen molar-refractivity contribution in [1.29, 1.82) is 0 Å². The average Bonchev–Trinajstić information content (AvgIpc) is 2.51. The molecule has 0 saturated carbocycles. The van der Waals surface area contributed by atoms with Gasteiger partial charge < -0.3 is 19.3 Å². The highest BCUT2D eigenvalue weighted by atomic mass is 16.5. The number of methoxy groups -OCH3 is 2. The highest BCUT2D eigenvalue weighted by Gasteiger charge is 2.13. The van der Waals surface area contributed by atoms with Gasteiger partial charge in [0.1, 0.15) is 5.75 Å². The molecule has 1 rings (SSSR count). The summed E-state index contributed by atoms with van der Waals surface area (Å²) in [6, 6.07) is 7.58. The SMILES string of the molecule is CCOc1ccc(C(O)CN(CCOC)CCOC)cc1. The van der Waals surface area contributed by atoms with E-state index in [2.05, 4.69) is 4.90 Å².